The summed E-state index contributed by atoms with van der Waals surface area (Å²) >= 11 is 0. The van der Waals surface area contributed by atoms with E-state index >= 15 is 0 Å². The molecule has 1 rings (SSSR count). The zero-order valence-electron chi connectivity index (χ0n) is 9.05. The van der Waals surface area contributed by atoms with Crippen LogP contribution in [0, 0.1) is 0 Å². The van der Waals surface area contributed by atoms with Crippen LogP contribution in [0.5, 0.6) is 0 Å². The molecule has 1 saturated heterocycles. The average Bonchev–Trinajstić information content (AvgIpc) is 2.42. The lowest BCUT2D eigenvalue weighted by atomic mass is 10.4. The van der Waals surface area contributed by atoms with E-state index in [9.17, 15) is 22.0 Å². The molecule has 0 spiro atoms. The Hall–Kier alpha value is -0.800. The smallest absolute Gasteiger partial charge is 0.350 e. The summed E-state index contributed by atoms with van der Waals surface area (Å²) in [4.78, 5) is 12.0. The van der Waals surface area contributed by atoms with Crippen molar-refractivity contribution >= 4 is 16.0 Å². The van der Waals surface area contributed by atoms with Gasteiger partial charge in [0, 0.05) is 26.2 Å². The molecule has 0 aromatic heterocycles. The molecule has 1 N–H and O–H groups in total. The van der Waals surface area contributed by atoms with Gasteiger partial charge in [-0.25, -0.2) is 8.42 Å². The Morgan fingerprint density at radius 3 is 2.41 bits per heavy atom. The van der Waals surface area contributed by atoms with Crippen LogP contribution in [0.2, 0.25) is 0 Å². The highest BCUT2D eigenvalue weighted by atomic mass is 32.2. The molecule has 6 nitrogen and oxygen atoms in total. The van der Waals surface area contributed by atoms with E-state index < -0.39 is 21.8 Å². The Bertz CT molecular complexity index is 374. The topological polar surface area (TPSA) is 77.9 Å². The Morgan fingerprint density at radius 2 is 1.88 bits per heavy atom. The van der Waals surface area contributed by atoms with Gasteiger partial charge in [-0.3, -0.25) is 9.69 Å². The summed E-state index contributed by atoms with van der Waals surface area (Å²) in [5.74, 6) is -4.44. The third-order valence-electron chi connectivity index (χ3n) is 2.49. The van der Waals surface area contributed by atoms with Gasteiger partial charge in [-0.2, -0.15) is 13.1 Å². The number of rotatable bonds is 4. The normalized spacial score (nSPS) is 20.4. The van der Waals surface area contributed by atoms with Crippen LogP contribution in [0.3, 0.4) is 0 Å². The number of hydrogen-bond donors (Lipinski definition) is 1. The lowest BCUT2D eigenvalue weighted by Gasteiger charge is -2.20. The monoisotopic (exact) mass is 272 g/mol. The van der Waals surface area contributed by atoms with Gasteiger partial charge in [-0.05, 0) is 6.42 Å². The summed E-state index contributed by atoms with van der Waals surface area (Å²) in [5, 5.41) is 8.58. The first-order chi connectivity index (χ1) is 7.84. The van der Waals surface area contributed by atoms with Crippen LogP contribution in [-0.2, 0) is 14.8 Å². The minimum Gasteiger partial charge on any atom is -0.480 e. The fraction of sp³-hybridized carbons (Fsp3) is 0.875. The first kappa shape index (κ1) is 14.3. The first-order valence-corrected chi connectivity index (χ1v) is 6.55. The maximum Gasteiger partial charge on any atom is 0.350 e. The summed E-state index contributed by atoms with van der Waals surface area (Å²) in [6.45, 7) is 0.241. The third kappa shape index (κ3) is 3.86. The first-order valence-electron chi connectivity index (χ1n) is 5.05. The highest BCUT2D eigenvalue weighted by Gasteiger charge is 2.33. The summed E-state index contributed by atoms with van der Waals surface area (Å²) in [6, 6.07) is 0. The largest absolute Gasteiger partial charge is 0.480 e. The minimum atomic E-state index is -4.55. The SMILES string of the molecule is O=C(O)CN1CCCN(S(=O)(=O)C(F)F)CC1. The Morgan fingerprint density at radius 1 is 1.24 bits per heavy atom. The number of carboxylic acid groups (broad SMARTS) is 1. The predicted octanol–water partition coefficient (Wildman–Crippen LogP) is -0.369. The highest BCUT2D eigenvalue weighted by molar-refractivity contribution is 7.89. The summed E-state index contributed by atoms with van der Waals surface area (Å²) < 4.78 is 47.7. The van der Waals surface area contributed by atoms with Gasteiger partial charge in [-0.1, -0.05) is 0 Å². The van der Waals surface area contributed by atoms with Crippen LogP contribution in [0.4, 0.5) is 8.78 Å². The molecule has 0 aliphatic carbocycles. The van der Waals surface area contributed by atoms with Gasteiger partial charge in [-0.15, -0.1) is 0 Å². The van der Waals surface area contributed by atoms with E-state index in [1.54, 1.807) is 0 Å². The molecule has 100 valence electrons. The number of carbonyl (C=O) groups is 1. The predicted molar refractivity (Wildman–Crippen MR) is 55.2 cm³/mol. The Kier molecular flexibility index (Phi) is 4.78. The van der Waals surface area contributed by atoms with Gasteiger partial charge < -0.3 is 5.11 Å². The van der Waals surface area contributed by atoms with Gasteiger partial charge in [0.1, 0.15) is 0 Å². The van der Waals surface area contributed by atoms with E-state index in [2.05, 4.69) is 0 Å². The average molecular weight is 272 g/mol. The molecule has 1 aliphatic rings. The maximum absolute atomic E-state index is 12.3. The van der Waals surface area contributed by atoms with Crippen molar-refractivity contribution in [3.63, 3.8) is 0 Å². The highest BCUT2D eigenvalue weighted by Crippen LogP contribution is 2.14. The molecule has 0 bridgehead atoms. The quantitative estimate of drug-likeness (QED) is 0.755. The fourth-order valence-electron chi connectivity index (χ4n) is 1.66. The Balaban J connectivity index is 2.62. The van der Waals surface area contributed by atoms with Gasteiger partial charge in [0.05, 0.1) is 6.54 Å². The second-order valence-electron chi connectivity index (χ2n) is 3.73. The van der Waals surface area contributed by atoms with E-state index in [0.717, 1.165) is 4.31 Å². The van der Waals surface area contributed by atoms with Crippen LogP contribution >= 0.6 is 0 Å². The molecule has 0 atom stereocenters. The number of hydrogen-bond acceptors (Lipinski definition) is 4. The maximum atomic E-state index is 12.3. The second kappa shape index (κ2) is 5.69. The van der Waals surface area contributed by atoms with Crippen LogP contribution < -0.4 is 0 Å². The molecule has 0 amide bonds. The Labute approximate surface area is 97.9 Å². The summed E-state index contributed by atoms with van der Waals surface area (Å²) in [5.41, 5.74) is 0. The van der Waals surface area contributed by atoms with E-state index in [-0.39, 0.29) is 26.2 Å². The number of carboxylic acids is 1. The molecule has 0 aromatic rings. The summed E-state index contributed by atoms with van der Waals surface area (Å²) in [7, 11) is -4.55. The van der Waals surface area contributed by atoms with E-state index in [4.69, 9.17) is 5.11 Å². The molecule has 9 heteroatoms. The van der Waals surface area contributed by atoms with Crippen molar-refractivity contribution in [2.24, 2.45) is 0 Å². The van der Waals surface area contributed by atoms with Crippen molar-refractivity contribution in [1.29, 1.82) is 0 Å². The van der Waals surface area contributed by atoms with Crippen molar-refractivity contribution in [3.8, 4) is 0 Å². The number of halogens is 2. The van der Waals surface area contributed by atoms with E-state index in [1.165, 1.54) is 4.90 Å². The number of alkyl halides is 2. The molecular weight excluding hydrogens is 258 g/mol. The second-order valence-corrected chi connectivity index (χ2v) is 5.63. The number of aliphatic carboxylic acids is 1. The number of sulfonamides is 1. The number of nitrogens with zero attached hydrogens (tertiary/aromatic N) is 2. The van der Waals surface area contributed by atoms with Gasteiger partial charge in [0.25, 0.3) is 10.0 Å². The van der Waals surface area contributed by atoms with Gasteiger partial charge in [0.2, 0.25) is 0 Å². The third-order valence-corrected chi connectivity index (χ3v) is 4.03. The molecule has 0 saturated carbocycles. The van der Waals surface area contributed by atoms with Crippen LogP contribution in [-0.4, -0.2) is 67.2 Å². The standard InChI is InChI=1S/C8H14F2N2O4S/c9-8(10)17(15,16)12-3-1-2-11(4-5-12)6-7(13)14/h8H,1-6H2,(H,13,14). The van der Waals surface area contributed by atoms with E-state index in [0.29, 0.717) is 13.0 Å². The van der Waals surface area contributed by atoms with Gasteiger partial charge >= 0.3 is 11.7 Å². The van der Waals surface area contributed by atoms with Gasteiger partial charge in [0.15, 0.2) is 0 Å². The fourth-order valence-corrected chi connectivity index (χ4v) is 2.61. The molecule has 0 aromatic carbocycles. The lowest BCUT2D eigenvalue weighted by molar-refractivity contribution is -0.138. The molecule has 17 heavy (non-hydrogen) atoms. The zero-order valence-corrected chi connectivity index (χ0v) is 9.87. The van der Waals surface area contributed by atoms with E-state index in [1.807, 2.05) is 0 Å². The molecule has 1 aliphatic heterocycles. The van der Waals surface area contributed by atoms with Crippen molar-refractivity contribution in [3.05, 3.63) is 0 Å². The minimum absolute atomic E-state index is 0.00277. The van der Waals surface area contributed by atoms with Crippen LogP contribution in [0.15, 0.2) is 0 Å². The molecule has 1 heterocycles. The van der Waals surface area contributed by atoms with Crippen molar-refractivity contribution in [2.75, 3.05) is 32.7 Å². The molecule has 0 unspecified atom stereocenters. The zero-order chi connectivity index (χ0) is 13.1. The lowest BCUT2D eigenvalue weighted by Crippen LogP contribution is -2.39. The van der Waals surface area contributed by atoms with Crippen molar-refractivity contribution in [2.45, 2.75) is 12.2 Å². The molecule has 1 fully saturated rings. The van der Waals surface area contributed by atoms with Crippen molar-refractivity contribution in [1.82, 2.24) is 9.21 Å². The molecular formula is C8H14F2N2O4S. The van der Waals surface area contributed by atoms with Crippen molar-refractivity contribution < 1.29 is 27.1 Å². The van der Waals surface area contributed by atoms with Crippen LogP contribution in [0.25, 0.3) is 0 Å². The molecule has 0 radical (unpaired) electrons. The summed E-state index contributed by atoms with van der Waals surface area (Å²) in [6.07, 6.45) is 0.346. The van der Waals surface area contributed by atoms with Crippen LogP contribution in [0.1, 0.15) is 6.42 Å².